The summed E-state index contributed by atoms with van der Waals surface area (Å²) in [5, 5.41) is 0. The molecule has 0 unspecified atom stereocenters. The summed E-state index contributed by atoms with van der Waals surface area (Å²) in [6.45, 7) is 0. The van der Waals surface area contributed by atoms with E-state index in [9.17, 15) is 0 Å². The van der Waals surface area contributed by atoms with Gasteiger partial charge in [-0.1, -0.05) is 0 Å². The summed E-state index contributed by atoms with van der Waals surface area (Å²) < 4.78 is 6.08. The third-order valence-corrected chi connectivity index (χ3v) is 2.14. The van der Waals surface area contributed by atoms with Gasteiger partial charge in [-0.2, -0.15) is 0 Å². The molecule has 0 saturated heterocycles. The van der Waals surface area contributed by atoms with Crippen LogP contribution in [0.25, 0.3) is 0 Å². The van der Waals surface area contributed by atoms with Crippen LogP contribution in [0.5, 0.6) is 0 Å². The molecule has 0 radical (unpaired) electrons. The molecule has 0 aliphatic rings. The first-order chi connectivity index (χ1) is 2.89. The SMILES string of the molecule is [Hg+][c]1ccco1.[OH-]. The molecule has 1 N–H and O–H groups in total. The molecule has 7 heavy (non-hydrogen) atoms. The van der Waals surface area contributed by atoms with Crippen molar-refractivity contribution in [2.24, 2.45) is 0 Å². The van der Waals surface area contributed by atoms with E-state index < -0.39 is 0 Å². The Hall–Kier alpha value is 0.175. The van der Waals surface area contributed by atoms with Crippen molar-refractivity contribution in [1.29, 1.82) is 0 Å². The van der Waals surface area contributed by atoms with Crippen LogP contribution >= 0.6 is 0 Å². The topological polar surface area (TPSA) is 43.1 Å². The van der Waals surface area contributed by atoms with Crippen LogP contribution in [0.2, 0.25) is 0 Å². The summed E-state index contributed by atoms with van der Waals surface area (Å²) in [4.78, 5) is 0. The van der Waals surface area contributed by atoms with E-state index in [2.05, 4.69) is 0 Å². The van der Waals surface area contributed by atoms with Gasteiger partial charge in [0.05, 0.1) is 0 Å². The maximum atomic E-state index is 4.92. The molecule has 1 aromatic heterocycles. The van der Waals surface area contributed by atoms with E-state index in [4.69, 9.17) is 4.42 Å². The Morgan fingerprint density at radius 1 is 1.57 bits per heavy atom. The first kappa shape index (κ1) is 7.18. The van der Waals surface area contributed by atoms with Gasteiger partial charge < -0.3 is 5.48 Å². The van der Waals surface area contributed by atoms with Gasteiger partial charge in [-0.25, -0.2) is 0 Å². The van der Waals surface area contributed by atoms with Gasteiger partial charge in [0.15, 0.2) is 0 Å². The van der Waals surface area contributed by atoms with Crippen LogP contribution in [0.15, 0.2) is 22.8 Å². The van der Waals surface area contributed by atoms with Gasteiger partial charge in [0.25, 0.3) is 0 Å². The van der Waals surface area contributed by atoms with Crippen LogP contribution in [0.4, 0.5) is 0 Å². The maximum absolute atomic E-state index is 4.92. The van der Waals surface area contributed by atoms with E-state index >= 15 is 0 Å². The van der Waals surface area contributed by atoms with E-state index in [-0.39, 0.29) is 5.48 Å². The van der Waals surface area contributed by atoms with Crippen molar-refractivity contribution in [3.63, 3.8) is 0 Å². The number of rotatable bonds is 0. The summed E-state index contributed by atoms with van der Waals surface area (Å²) in [5.41, 5.74) is 0. The second kappa shape index (κ2) is 3.21. The van der Waals surface area contributed by atoms with Gasteiger partial charge >= 0.3 is 52.2 Å². The second-order valence-electron chi connectivity index (χ2n) is 1.08. The standard InChI is InChI=1S/C4H3O.Hg.H2O/c1-2-4-5-3-1;;/h1-3H;;1H2/q;+1;/p-1. The van der Waals surface area contributed by atoms with Crippen LogP contribution in [0.3, 0.4) is 0 Å². The minimum atomic E-state index is 0. The van der Waals surface area contributed by atoms with Crippen molar-refractivity contribution in [3.8, 4) is 0 Å². The fourth-order valence-corrected chi connectivity index (χ4v) is 1.22. The Morgan fingerprint density at radius 2 is 2.29 bits per heavy atom. The van der Waals surface area contributed by atoms with Crippen molar-refractivity contribution < 1.29 is 36.0 Å². The fourth-order valence-electron chi connectivity index (χ4n) is 0.313. The molecule has 1 aromatic rings. The molecular weight excluding hydrogens is 281 g/mol. The van der Waals surface area contributed by atoms with Crippen molar-refractivity contribution >= 4 is 3.27 Å². The first-order valence-corrected chi connectivity index (χ1v) is 4.50. The minimum absolute atomic E-state index is 0. The second-order valence-corrected chi connectivity index (χ2v) is 3.79. The zero-order chi connectivity index (χ0) is 4.41. The molecule has 3 heteroatoms. The number of furan rings is 1. The Kier molecular flexibility index (Phi) is 3.29. The number of hydrogen-bond donors (Lipinski definition) is 0. The van der Waals surface area contributed by atoms with E-state index in [1.807, 2.05) is 12.1 Å². The van der Waals surface area contributed by atoms with Crippen LogP contribution in [0.1, 0.15) is 0 Å². The molecule has 0 amide bonds. The molecule has 0 aromatic carbocycles. The molecule has 0 atom stereocenters. The summed E-state index contributed by atoms with van der Waals surface area (Å²) in [7, 11) is 0. The predicted octanol–water partition coefficient (Wildman–Crippen LogP) is 0.275. The minimum Gasteiger partial charge on any atom is -0.870 e. The smallest absolute Gasteiger partial charge is 0.870 e. The monoisotopic (exact) mass is 286 g/mol. The van der Waals surface area contributed by atoms with Crippen molar-refractivity contribution in [3.05, 3.63) is 18.4 Å². The zero-order valence-electron chi connectivity index (χ0n) is 3.79. The van der Waals surface area contributed by atoms with Gasteiger partial charge in [0.2, 0.25) is 0 Å². The van der Waals surface area contributed by atoms with Crippen LogP contribution in [0, 0.1) is 0 Å². The van der Waals surface area contributed by atoms with Gasteiger partial charge in [-0.05, 0) is 0 Å². The van der Waals surface area contributed by atoms with E-state index in [0.717, 1.165) is 3.27 Å². The molecule has 0 fully saturated rings. The fraction of sp³-hybridized carbons (Fsp3) is 0. The normalized spacial score (nSPS) is 7.71. The van der Waals surface area contributed by atoms with E-state index in [1.165, 1.54) is 0 Å². The zero-order valence-corrected chi connectivity index (χ0v) is 9.29. The third kappa shape index (κ3) is 2.09. The summed E-state index contributed by atoms with van der Waals surface area (Å²) in [6.07, 6.45) is 1.71. The van der Waals surface area contributed by atoms with Gasteiger partial charge in [-0.15, -0.1) is 0 Å². The average molecular weight is 285 g/mol. The quantitative estimate of drug-likeness (QED) is 0.642. The van der Waals surface area contributed by atoms with Gasteiger partial charge in [-0.3, -0.25) is 0 Å². The first-order valence-electron chi connectivity index (χ1n) is 1.75. The van der Waals surface area contributed by atoms with Crippen molar-refractivity contribution in [2.45, 2.75) is 0 Å². The van der Waals surface area contributed by atoms with Crippen LogP contribution in [-0.4, -0.2) is 5.48 Å². The van der Waals surface area contributed by atoms with Crippen LogP contribution in [-0.2, 0) is 26.1 Å². The summed E-state index contributed by atoms with van der Waals surface area (Å²) in [5.74, 6) is 0. The molecule has 34 valence electrons. The average Bonchev–Trinajstić information content (AvgIpc) is 1.86. The molecule has 0 bridgehead atoms. The molecule has 0 aliphatic heterocycles. The molecule has 0 aliphatic carbocycles. The Labute approximate surface area is 57.8 Å². The third-order valence-electron chi connectivity index (χ3n) is 0.580. The summed E-state index contributed by atoms with van der Waals surface area (Å²) in [6, 6.07) is 3.92. The van der Waals surface area contributed by atoms with Crippen LogP contribution < -0.4 is 3.27 Å². The number of hydrogen-bond acceptors (Lipinski definition) is 2. The molecule has 1 heterocycles. The Morgan fingerprint density at radius 3 is 2.43 bits per heavy atom. The maximum Gasteiger partial charge on any atom is -0.870 e. The van der Waals surface area contributed by atoms with Crippen molar-refractivity contribution in [2.75, 3.05) is 0 Å². The van der Waals surface area contributed by atoms with Gasteiger partial charge in [0.1, 0.15) is 0 Å². The molecule has 0 spiro atoms. The largest absolute Gasteiger partial charge is 0.870 e. The molecule has 1 rings (SSSR count). The summed E-state index contributed by atoms with van der Waals surface area (Å²) >= 11 is 0.674. The predicted molar refractivity (Wildman–Crippen MR) is 20.3 cm³/mol. The van der Waals surface area contributed by atoms with Crippen molar-refractivity contribution in [1.82, 2.24) is 0 Å². The molecule has 0 saturated carbocycles. The van der Waals surface area contributed by atoms with E-state index in [1.54, 1.807) is 6.26 Å². The molecular formula is C4H4HgO2. The van der Waals surface area contributed by atoms with E-state index in [0.29, 0.717) is 26.1 Å². The molecule has 2 nitrogen and oxygen atoms in total. The van der Waals surface area contributed by atoms with Gasteiger partial charge in [0, 0.05) is 0 Å². The Bertz CT molecular complexity index is 113. The Balaban J connectivity index is 0.000000360.